The maximum atomic E-state index is 12.9. The van der Waals surface area contributed by atoms with Crippen molar-refractivity contribution in [3.63, 3.8) is 0 Å². The Morgan fingerprint density at radius 2 is 1.71 bits per heavy atom. The molecule has 0 aromatic carbocycles. The van der Waals surface area contributed by atoms with Gasteiger partial charge in [0.25, 0.3) is 0 Å². The van der Waals surface area contributed by atoms with Crippen LogP contribution in [-0.4, -0.2) is 34.3 Å². The summed E-state index contributed by atoms with van der Waals surface area (Å²) >= 11 is 0. The smallest absolute Gasteiger partial charge is 0.307 e. The Balaban J connectivity index is 1.46. The van der Waals surface area contributed by atoms with Crippen molar-refractivity contribution in [2.24, 2.45) is 45.3 Å². The van der Waals surface area contributed by atoms with E-state index in [1.165, 1.54) is 5.57 Å². The van der Waals surface area contributed by atoms with Gasteiger partial charge in [-0.15, -0.1) is 0 Å². The topological polar surface area (TPSA) is 84.0 Å². The average Bonchev–Trinajstić information content (AvgIpc) is 3.31. The van der Waals surface area contributed by atoms with Crippen molar-refractivity contribution < 1.29 is 24.2 Å². The fourth-order valence-electron chi connectivity index (χ4n) is 9.65. The first-order valence-corrected chi connectivity index (χ1v) is 13.8. The largest absolute Gasteiger partial charge is 0.481 e. The zero-order chi connectivity index (χ0) is 25.8. The lowest BCUT2D eigenvalue weighted by molar-refractivity contribution is -0.151. The normalized spacial score (nSPS) is 46.0. The molecule has 1 aliphatic heterocycles. The molecule has 1 N–H and O–H groups in total. The predicted molar refractivity (Wildman–Crippen MR) is 134 cm³/mol. The molecular formula is C30H44O5. The standard InChI is InChI=1S/C30H44O5/c1-26(2)22-9-8-20-19(28(22,5)13-12-23(26)32)11-15-29(6)18(10-14-30(20,29)7)17(25(33)34)16-21(31)24-27(3,4)35-24/h8,17-19,22,24H,9-16H2,1-7H3,(H,33,34)/t17?,18-,19-,22-,24-,28+,29-,30+/m0/s1. The van der Waals surface area contributed by atoms with Crippen LogP contribution in [0, 0.1) is 45.3 Å². The first-order valence-electron chi connectivity index (χ1n) is 13.8. The quantitative estimate of drug-likeness (QED) is 0.382. The Kier molecular flexibility index (Phi) is 5.41. The molecule has 4 aliphatic carbocycles. The number of fused-ring (bicyclic) bond motifs is 5. The minimum Gasteiger partial charge on any atom is -0.481 e. The van der Waals surface area contributed by atoms with E-state index in [1.807, 2.05) is 13.8 Å². The summed E-state index contributed by atoms with van der Waals surface area (Å²) in [6.07, 6.45) is 8.48. The lowest BCUT2D eigenvalue weighted by Crippen LogP contribution is -2.57. The summed E-state index contributed by atoms with van der Waals surface area (Å²) in [7, 11) is 0. The molecule has 8 atom stereocenters. The van der Waals surface area contributed by atoms with Gasteiger partial charge in [0.1, 0.15) is 11.9 Å². The van der Waals surface area contributed by atoms with E-state index in [-0.39, 0.29) is 39.8 Å². The number of allylic oxidation sites excluding steroid dienone is 2. The summed E-state index contributed by atoms with van der Waals surface area (Å²) in [5.74, 6) is -0.364. The van der Waals surface area contributed by atoms with Gasteiger partial charge >= 0.3 is 5.97 Å². The third-order valence-electron chi connectivity index (χ3n) is 12.2. The van der Waals surface area contributed by atoms with Crippen molar-refractivity contribution in [2.75, 3.05) is 0 Å². The van der Waals surface area contributed by atoms with Crippen LogP contribution < -0.4 is 0 Å². The summed E-state index contributed by atoms with van der Waals surface area (Å²) in [4.78, 5) is 38.3. The molecule has 0 aromatic heterocycles. The molecule has 35 heavy (non-hydrogen) atoms. The van der Waals surface area contributed by atoms with Gasteiger partial charge in [-0.05, 0) is 86.4 Å². The summed E-state index contributed by atoms with van der Waals surface area (Å²) in [5, 5.41) is 10.3. The van der Waals surface area contributed by atoms with Gasteiger partial charge in [0.05, 0.1) is 11.5 Å². The fraction of sp³-hybridized carbons (Fsp3) is 0.833. The molecule has 0 aromatic rings. The number of carboxylic acids is 1. The van der Waals surface area contributed by atoms with E-state index in [0.717, 1.165) is 38.5 Å². The number of ether oxygens (including phenoxy) is 1. The number of ketones is 2. The van der Waals surface area contributed by atoms with Gasteiger partial charge < -0.3 is 9.84 Å². The molecule has 5 nitrogen and oxygen atoms in total. The van der Waals surface area contributed by atoms with Gasteiger partial charge in [-0.25, -0.2) is 0 Å². The second kappa shape index (κ2) is 7.52. The van der Waals surface area contributed by atoms with Gasteiger partial charge in [0.2, 0.25) is 0 Å². The number of hydrogen-bond donors (Lipinski definition) is 1. The van der Waals surface area contributed by atoms with Crippen molar-refractivity contribution in [2.45, 2.75) is 112 Å². The van der Waals surface area contributed by atoms with Crippen LogP contribution in [0.1, 0.15) is 99.8 Å². The van der Waals surface area contributed by atoms with Crippen LogP contribution in [0.25, 0.3) is 0 Å². The van der Waals surface area contributed by atoms with Crippen LogP contribution in [0.3, 0.4) is 0 Å². The summed E-state index contributed by atoms with van der Waals surface area (Å²) in [5.41, 5.74) is 0.678. The molecule has 3 saturated carbocycles. The highest BCUT2D eigenvalue weighted by molar-refractivity contribution is 5.90. The summed E-state index contributed by atoms with van der Waals surface area (Å²) in [6, 6.07) is 0. The van der Waals surface area contributed by atoms with E-state index in [0.29, 0.717) is 24.0 Å². The molecule has 5 heteroatoms. The number of carbonyl (C=O) groups excluding carboxylic acids is 2. The molecule has 194 valence electrons. The third kappa shape index (κ3) is 3.32. The number of epoxide rings is 1. The van der Waals surface area contributed by atoms with E-state index >= 15 is 0 Å². The molecule has 1 saturated heterocycles. The Labute approximate surface area is 210 Å². The second-order valence-electron chi connectivity index (χ2n) is 14.3. The number of carbonyl (C=O) groups is 3. The first-order chi connectivity index (χ1) is 16.1. The SMILES string of the molecule is CC1(C)O[C@H]1C(=O)CC(C(=O)O)[C@@H]1CC[C@]2(C)C3=CC[C@H]4C(C)(C)C(=O)CC[C@]4(C)[C@H]3CC[C@@]12C. The molecule has 0 bridgehead atoms. The third-order valence-corrected chi connectivity index (χ3v) is 12.2. The molecule has 5 rings (SSSR count). The van der Waals surface area contributed by atoms with E-state index < -0.39 is 23.6 Å². The van der Waals surface area contributed by atoms with E-state index in [4.69, 9.17) is 4.74 Å². The summed E-state index contributed by atoms with van der Waals surface area (Å²) in [6.45, 7) is 15.2. The first kappa shape index (κ1) is 25.2. The van der Waals surface area contributed by atoms with Crippen LogP contribution in [-0.2, 0) is 19.1 Å². The molecule has 0 spiro atoms. The lowest BCUT2D eigenvalue weighted by atomic mass is 9.41. The van der Waals surface area contributed by atoms with Crippen LogP contribution >= 0.6 is 0 Å². The maximum Gasteiger partial charge on any atom is 0.307 e. The zero-order valence-electron chi connectivity index (χ0n) is 22.7. The van der Waals surface area contributed by atoms with Crippen LogP contribution in [0.15, 0.2) is 11.6 Å². The van der Waals surface area contributed by atoms with Crippen LogP contribution in [0.4, 0.5) is 0 Å². The predicted octanol–water partition coefficient (Wildman–Crippen LogP) is 6.00. The lowest BCUT2D eigenvalue weighted by Gasteiger charge is -2.63. The highest BCUT2D eigenvalue weighted by atomic mass is 16.6. The van der Waals surface area contributed by atoms with Gasteiger partial charge in [-0.3, -0.25) is 14.4 Å². The van der Waals surface area contributed by atoms with E-state index in [2.05, 4.69) is 40.7 Å². The van der Waals surface area contributed by atoms with E-state index in [9.17, 15) is 19.5 Å². The van der Waals surface area contributed by atoms with Crippen molar-refractivity contribution in [1.82, 2.24) is 0 Å². The number of Topliss-reactive ketones (excluding diaryl/α,β-unsaturated/α-hetero) is 2. The maximum absolute atomic E-state index is 12.9. The Morgan fingerprint density at radius 1 is 1.06 bits per heavy atom. The van der Waals surface area contributed by atoms with E-state index in [1.54, 1.807) is 0 Å². The van der Waals surface area contributed by atoms with Crippen LogP contribution in [0.2, 0.25) is 0 Å². The molecule has 0 radical (unpaired) electrons. The van der Waals surface area contributed by atoms with Crippen LogP contribution in [0.5, 0.6) is 0 Å². The highest BCUT2D eigenvalue weighted by Crippen LogP contribution is 2.73. The highest BCUT2D eigenvalue weighted by Gasteiger charge is 2.66. The van der Waals surface area contributed by atoms with Gasteiger partial charge in [-0.1, -0.05) is 46.3 Å². The Bertz CT molecular complexity index is 1010. The number of carboxylic acid groups (broad SMARTS) is 1. The molecule has 0 amide bonds. The molecule has 1 heterocycles. The zero-order valence-corrected chi connectivity index (χ0v) is 22.7. The summed E-state index contributed by atoms with van der Waals surface area (Å²) < 4.78 is 5.54. The monoisotopic (exact) mass is 484 g/mol. The van der Waals surface area contributed by atoms with Gasteiger partial charge in [0, 0.05) is 18.3 Å². The molecule has 5 aliphatic rings. The molecule has 4 fully saturated rings. The number of aliphatic carboxylic acids is 1. The Morgan fingerprint density at radius 3 is 2.31 bits per heavy atom. The average molecular weight is 485 g/mol. The van der Waals surface area contributed by atoms with Crippen molar-refractivity contribution >= 4 is 17.5 Å². The molecule has 1 unspecified atom stereocenters. The fourth-order valence-corrected chi connectivity index (χ4v) is 9.65. The minimum absolute atomic E-state index is 0.0208. The molecular weight excluding hydrogens is 440 g/mol. The van der Waals surface area contributed by atoms with Gasteiger partial charge in [-0.2, -0.15) is 0 Å². The second-order valence-corrected chi connectivity index (χ2v) is 14.3. The number of hydrogen-bond acceptors (Lipinski definition) is 4. The van der Waals surface area contributed by atoms with Crippen molar-refractivity contribution in [3.05, 3.63) is 11.6 Å². The number of rotatable bonds is 5. The van der Waals surface area contributed by atoms with Crippen molar-refractivity contribution in [3.8, 4) is 0 Å². The Hall–Kier alpha value is -1.49. The minimum atomic E-state index is -0.841. The van der Waals surface area contributed by atoms with Gasteiger partial charge in [0.15, 0.2) is 5.78 Å². The van der Waals surface area contributed by atoms with Crippen molar-refractivity contribution in [1.29, 1.82) is 0 Å².